The standard InChI is InChI=1S/C22H26N4O7S/c1-15-7-6-8-19(26(29)30)21(15)23-20(27)14-33-22(28)17-13-16(34(31,32)24(2)3)9-10-18(17)25-11-4-5-12-25/h6-10,13H,4-5,11-12,14H2,1-3H3,(H,23,27). The van der Waals surface area contributed by atoms with Crippen molar-refractivity contribution >= 4 is 39.0 Å². The smallest absolute Gasteiger partial charge is 0.340 e. The number of nitrogens with zero attached hydrogens (tertiary/aromatic N) is 3. The van der Waals surface area contributed by atoms with Gasteiger partial charge >= 0.3 is 5.97 Å². The summed E-state index contributed by atoms with van der Waals surface area (Å²) in [5, 5.41) is 13.7. The molecule has 3 rings (SSSR count). The number of rotatable bonds is 8. The van der Waals surface area contributed by atoms with Gasteiger partial charge in [0.15, 0.2) is 6.61 Å². The maximum Gasteiger partial charge on any atom is 0.340 e. The first kappa shape index (κ1) is 25.1. The van der Waals surface area contributed by atoms with Crippen LogP contribution in [0.3, 0.4) is 0 Å². The van der Waals surface area contributed by atoms with Crippen LogP contribution in [-0.2, 0) is 19.6 Å². The predicted octanol–water partition coefficient (Wildman–Crippen LogP) is 2.55. The maximum absolute atomic E-state index is 12.9. The summed E-state index contributed by atoms with van der Waals surface area (Å²) >= 11 is 0. The molecule has 182 valence electrons. The molecule has 1 heterocycles. The van der Waals surface area contributed by atoms with E-state index in [-0.39, 0.29) is 21.8 Å². The highest BCUT2D eigenvalue weighted by Crippen LogP contribution is 2.29. The molecule has 1 saturated heterocycles. The van der Waals surface area contributed by atoms with E-state index in [1.54, 1.807) is 19.1 Å². The molecule has 1 aliphatic rings. The number of esters is 1. The Morgan fingerprint density at radius 2 is 1.85 bits per heavy atom. The molecule has 1 amide bonds. The van der Waals surface area contributed by atoms with Crippen LogP contribution in [0, 0.1) is 17.0 Å². The number of nitro groups is 1. The molecule has 1 fully saturated rings. The summed E-state index contributed by atoms with van der Waals surface area (Å²) in [6, 6.07) is 8.60. The van der Waals surface area contributed by atoms with E-state index in [0.717, 1.165) is 17.1 Å². The molecular weight excluding hydrogens is 464 g/mol. The number of ether oxygens (including phenoxy) is 1. The third kappa shape index (κ3) is 5.34. The minimum Gasteiger partial charge on any atom is -0.452 e. The molecule has 1 aliphatic heterocycles. The molecule has 0 aliphatic carbocycles. The highest BCUT2D eigenvalue weighted by Gasteiger charge is 2.26. The van der Waals surface area contributed by atoms with Gasteiger partial charge in [-0.2, -0.15) is 0 Å². The Labute approximate surface area is 197 Å². The van der Waals surface area contributed by atoms with E-state index in [1.165, 1.54) is 38.4 Å². The molecule has 1 N–H and O–H groups in total. The summed E-state index contributed by atoms with van der Waals surface area (Å²) in [7, 11) is -1.03. The molecule has 0 unspecified atom stereocenters. The quantitative estimate of drug-likeness (QED) is 0.338. The zero-order chi connectivity index (χ0) is 25.0. The SMILES string of the molecule is Cc1cccc([N+](=O)[O-])c1NC(=O)COC(=O)c1cc(S(=O)(=O)N(C)C)ccc1N1CCCC1. The molecule has 0 atom stereocenters. The van der Waals surface area contributed by atoms with Crippen LogP contribution in [0.1, 0.15) is 28.8 Å². The molecule has 0 spiro atoms. The van der Waals surface area contributed by atoms with E-state index >= 15 is 0 Å². The number of sulfonamides is 1. The van der Waals surface area contributed by atoms with E-state index in [4.69, 9.17) is 4.74 Å². The van der Waals surface area contributed by atoms with Crippen molar-refractivity contribution in [3.05, 3.63) is 57.6 Å². The minimum absolute atomic E-state index is 0.0189. The number of nitrogens with one attached hydrogen (secondary N) is 1. The van der Waals surface area contributed by atoms with E-state index in [1.807, 2.05) is 4.90 Å². The number of amides is 1. The molecule has 11 nitrogen and oxygen atoms in total. The Bertz CT molecular complexity index is 1220. The van der Waals surface area contributed by atoms with Gasteiger partial charge in [-0.1, -0.05) is 12.1 Å². The first-order chi connectivity index (χ1) is 16.0. The Balaban J connectivity index is 1.82. The summed E-state index contributed by atoms with van der Waals surface area (Å²) in [6.07, 6.45) is 1.87. The summed E-state index contributed by atoms with van der Waals surface area (Å²) in [6.45, 7) is 2.32. The highest BCUT2D eigenvalue weighted by atomic mass is 32.2. The average Bonchev–Trinajstić information content (AvgIpc) is 3.33. The van der Waals surface area contributed by atoms with Crippen molar-refractivity contribution in [1.29, 1.82) is 0 Å². The minimum atomic E-state index is -3.80. The molecule has 0 aromatic heterocycles. The monoisotopic (exact) mass is 490 g/mol. The molecule has 12 heteroatoms. The zero-order valence-corrected chi connectivity index (χ0v) is 19.9. The Kier molecular flexibility index (Phi) is 7.52. The van der Waals surface area contributed by atoms with Crippen LogP contribution in [0.25, 0.3) is 0 Å². The van der Waals surface area contributed by atoms with Crippen LogP contribution in [0.2, 0.25) is 0 Å². The Morgan fingerprint density at radius 1 is 1.18 bits per heavy atom. The largest absolute Gasteiger partial charge is 0.452 e. The summed E-state index contributed by atoms with van der Waals surface area (Å²) in [5.74, 6) is -1.63. The number of para-hydroxylation sites is 1. The molecule has 0 bridgehead atoms. The van der Waals surface area contributed by atoms with E-state index in [2.05, 4.69) is 5.32 Å². The lowest BCUT2D eigenvalue weighted by Crippen LogP contribution is -2.26. The van der Waals surface area contributed by atoms with Crippen LogP contribution in [0.15, 0.2) is 41.3 Å². The molecule has 34 heavy (non-hydrogen) atoms. The summed E-state index contributed by atoms with van der Waals surface area (Å²) < 4.78 is 31.3. The maximum atomic E-state index is 12.9. The number of carbonyl (C=O) groups excluding carboxylic acids is 2. The van der Waals surface area contributed by atoms with Crippen molar-refractivity contribution in [3.63, 3.8) is 0 Å². The Hall–Kier alpha value is -3.51. The predicted molar refractivity (Wildman–Crippen MR) is 126 cm³/mol. The molecule has 0 saturated carbocycles. The lowest BCUT2D eigenvalue weighted by molar-refractivity contribution is -0.384. The van der Waals surface area contributed by atoms with E-state index in [9.17, 15) is 28.1 Å². The fraction of sp³-hybridized carbons (Fsp3) is 0.364. The number of hydrogen-bond donors (Lipinski definition) is 1. The van der Waals surface area contributed by atoms with Gasteiger partial charge in [-0.15, -0.1) is 0 Å². The number of anilines is 2. The highest BCUT2D eigenvalue weighted by molar-refractivity contribution is 7.89. The van der Waals surface area contributed by atoms with Crippen molar-refractivity contribution in [2.24, 2.45) is 0 Å². The van der Waals surface area contributed by atoms with Crippen LogP contribution in [-0.4, -0.2) is 63.3 Å². The molecule has 2 aromatic rings. The summed E-state index contributed by atoms with van der Waals surface area (Å²) in [4.78, 5) is 37.8. The lowest BCUT2D eigenvalue weighted by Gasteiger charge is -2.22. The van der Waals surface area contributed by atoms with Gasteiger partial charge in [0.2, 0.25) is 10.0 Å². The summed E-state index contributed by atoms with van der Waals surface area (Å²) in [5.41, 5.74) is 0.768. The fourth-order valence-electron chi connectivity index (χ4n) is 3.64. The van der Waals surface area contributed by atoms with Gasteiger partial charge < -0.3 is 15.0 Å². The first-order valence-electron chi connectivity index (χ1n) is 10.5. The number of aryl methyl sites for hydroxylation is 1. The van der Waals surface area contributed by atoms with Gasteiger partial charge in [0.1, 0.15) is 5.69 Å². The number of hydrogen-bond acceptors (Lipinski definition) is 8. The van der Waals surface area contributed by atoms with E-state index < -0.39 is 33.4 Å². The van der Waals surface area contributed by atoms with Crippen LogP contribution < -0.4 is 10.2 Å². The van der Waals surface area contributed by atoms with Crippen LogP contribution in [0.5, 0.6) is 0 Å². The van der Waals surface area contributed by atoms with Gasteiger partial charge in [0.05, 0.1) is 21.1 Å². The van der Waals surface area contributed by atoms with Crippen molar-refractivity contribution in [1.82, 2.24) is 4.31 Å². The fourth-order valence-corrected chi connectivity index (χ4v) is 4.56. The van der Waals surface area contributed by atoms with Gasteiger partial charge in [-0.05, 0) is 43.5 Å². The number of benzene rings is 2. The zero-order valence-electron chi connectivity index (χ0n) is 19.1. The van der Waals surface area contributed by atoms with Crippen molar-refractivity contribution in [3.8, 4) is 0 Å². The third-order valence-electron chi connectivity index (χ3n) is 5.46. The van der Waals surface area contributed by atoms with Crippen LogP contribution in [0.4, 0.5) is 17.1 Å². The van der Waals surface area contributed by atoms with Crippen LogP contribution >= 0.6 is 0 Å². The van der Waals surface area contributed by atoms with Gasteiger partial charge in [0, 0.05) is 33.3 Å². The van der Waals surface area contributed by atoms with Crippen molar-refractivity contribution in [2.45, 2.75) is 24.7 Å². The molecule has 0 radical (unpaired) electrons. The van der Waals surface area contributed by atoms with Gasteiger partial charge in [-0.3, -0.25) is 14.9 Å². The third-order valence-corrected chi connectivity index (χ3v) is 7.27. The first-order valence-corrected chi connectivity index (χ1v) is 12.0. The second-order valence-electron chi connectivity index (χ2n) is 8.01. The Morgan fingerprint density at radius 3 is 2.47 bits per heavy atom. The number of nitro benzene ring substituents is 1. The number of carbonyl (C=O) groups is 2. The molecule has 2 aromatic carbocycles. The second kappa shape index (κ2) is 10.2. The normalized spacial score (nSPS) is 13.7. The van der Waals surface area contributed by atoms with Crippen molar-refractivity contribution in [2.75, 3.05) is 44.0 Å². The average molecular weight is 491 g/mol. The lowest BCUT2D eigenvalue weighted by atomic mass is 10.1. The van der Waals surface area contributed by atoms with E-state index in [0.29, 0.717) is 24.3 Å². The van der Waals surface area contributed by atoms with Gasteiger partial charge in [0.25, 0.3) is 11.6 Å². The molecular formula is C22H26N4O7S. The van der Waals surface area contributed by atoms with Crippen molar-refractivity contribution < 1.29 is 27.7 Å². The topological polar surface area (TPSA) is 139 Å². The van der Waals surface area contributed by atoms with Gasteiger partial charge in [-0.25, -0.2) is 17.5 Å². The second-order valence-corrected chi connectivity index (χ2v) is 10.2.